The largest absolute Gasteiger partial charge is 0.496 e. The Balaban J connectivity index is 1.70. The molecule has 0 radical (unpaired) electrons. The van der Waals surface area contributed by atoms with Crippen molar-refractivity contribution in [2.45, 2.75) is 31.5 Å². The van der Waals surface area contributed by atoms with Crippen LogP contribution in [0, 0.1) is 0 Å². The van der Waals surface area contributed by atoms with Crippen molar-refractivity contribution in [2.24, 2.45) is 0 Å². The SMILES string of the molecule is COc1ccccc1CN(C(=O)CNC(=O)c1ccco1)[C@@H](C(=O)NC[C@H]1CCCO1)c1ccc(OC)c(OC)c1. The van der Waals surface area contributed by atoms with Crippen molar-refractivity contribution >= 4 is 17.7 Å². The molecule has 1 aliphatic rings. The summed E-state index contributed by atoms with van der Waals surface area (Å²) in [5, 5.41) is 5.55. The van der Waals surface area contributed by atoms with Gasteiger partial charge in [-0.05, 0) is 48.7 Å². The van der Waals surface area contributed by atoms with Crippen molar-refractivity contribution in [3.05, 3.63) is 77.7 Å². The van der Waals surface area contributed by atoms with E-state index in [2.05, 4.69) is 10.6 Å². The molecular formula is C30H35N3O8. The van der Waals surface area contributed by atoms with Gasteiger partial charge in [-0.1, -0.05) is 24.3 Å². The number of rotatable bonds is 13. The van der Waals surface area contributed by atoms with Gasteiger partial charge in [-0.15, -0.1) is 0 Å². The van der Waals surface area contributed by atoms with E-state index in [1.165, 1.54) is 38.6 Å². The molecule has 2 N–H and O–H groups in total. The van der Waals surface area contributed by atoms with E-state index >= 15 is 0 Å². The third kappa shape index (κ3) is 7.37. The number of furan rings is 1. The normalized spacial score (nSPS) is 15.0. The lowest BCUT2D eigenvalue weighted by Gasteiger charge is -2.32. The van der Waals surface area contributed by atoms with Gasteiger partial charge in [0.05, 0.1) is 46.8 Å². The van der Waals surface area contributed by atoms with Crippen LogP contribution >= 0.6 is 0 Å². The first-order valence-corrected chi connectivity index (χ1v) is 13.3. The number of nitrogens with zero attached hydrogens (tertiary/aromatic N) is 1. The van der Waals surface area contributed by atoms with Gasteiger partial charge in [0.15, 0.2) is 17.3 Å². The number of ether oxygens (including phenoxy) is 4. The van der Waals surface area contributed by atoms with E-state index in [9.17, 15) is 14.4 Å². The molecular weight excluding hydrogens is 530 g/mol. The zero-order valence-corrected chi connectivity index (χ0v) is 23.4. The first-order valence-electron chi connectivity index (χ1n) is 13.3. The van der Waals surface area contributed by atoms with Crippen molar-refractivity contribution in [1.82, 2.24) is 15.5 Å². The van der Waals surface area contributed by atoms with E-state index in [1.807, 2.05) is 18.2 Å². The number of hydrogen-bond acceptors (Lipinski definition) is 8. The molecule has 2 heterocycles. The van der Waals surface area contributed by atoms with Gasteiger partial charge in [0.25, 0.3) is 5.91 Å². The molecule has 2 atom stereocenters. The summed E-state index contributed by atoms with van der Waals surface area (Å²) in [6.45, 7) is 0.589. The molecule has 4 rings (SSSR count). The van der Waals surface area contributed by atoms with Crippen molar-refractivity contribution in [3.63, 3.8) is 0 Å². The highest BCUT2D eigenvalue weighted by Gasteiger charge is 2.34. The lowest BCUT2D eigenvalue weighted by atomic mass is 10.0. The van der Waals surface area contributed by atoms with Crippen LogP contribution in [-0.4, -0.2) is 69.8 Å². The van der Waals surface area contributed by atoms with Gasteiger partial charge in [0.2, 0.25) is 11.8 Å². The highest BCUT2D eigenvalue weighted by atomic mass is 16.5. The van der Waals surface area contributed by atoms with Gasteiger partial charge < -0.3 is 38.9 Å². The summed E-state index contributed by atoms with van der Waals surface area (Å²) < 4.78 is 27.2. The fraction of sp³-hybridized carbons (Fsp3) is 0.367. The van der Waals surface area contributed by atoms with E-state index in [-0.39, 0.29) is 25.0 Å². The van der Waals surface area contributed by atoms with Crippen LogP contribution in [0.2, 0.25) is 0 Å². The Morgan fingerprint density at radius 1 is 0.951 bits per heavy atom. The first-order chi connectivity index (χ1) is 19.9. The predicted molar refractivity (Wildman–Crippen MR) is 149 cm³/mol. The molecule has 3 aromatic rings. The number of nitrogens with one attached hydrogen (secondary N) is 2. The summed E-state index contributed by atoms with van der Waals surface area (Å²) in [4.78, 5) is 41.7. The minimum atomic E-state index is -1.09. The molecule has 11 nitrogen and oxygen atoms in total. The molecule has 218 valence electrons. The van der Waals surface area contributed by atoms with E-state index in [4.69, 9.17) is 23.4 Å². The van der Waals surface area contributed by atoms with Crippen LogP contribution in [0.5, 0.6) is 17.2 Å². The van der Waals surface area contributed by atoms with Crippen LogP contribution in [0.1, 0.15) is 40.6 Å². The standard InChI is InChI=1S/C30H35N3O8/c1-37-23-10-5-4-8-21(23)19-33(27(34)18-32-29(35)25-11-7-15-41-25)28(30(36)31-17-22-9-6-14-40-22)20-12-13-24(38-2)26(16-20)39-3/h4-5,7-8,10-13,15-16,22,28H,6,9,14,17-19H2,1-3H3,(H,31,36)(H,32,35)/t22-,28-/m1/s1. The second-order valence-electron chi connectivity index (χ2n) is 9.39. The van der Waals surface area contributed by atoms with Crippen LogP contribution < -0.4 is 24.8 Å². The highest BCUT2D eigenvalue weighted by molar-refractivity contribution is 5.95. The van der Waals surface area contributed by atoms with Gasteiger partial charge in [-0.3, -0.25) is 14.4 Å². The Kier molecular flexibility index (Phi) is 10.2. The van der Waals surface area contributed by atoms with E-state index in [0.29, 0.717) is 41.5 Å². The fourth-order valence-corrected chi connectivity index (χ4v) is 4.71. The summed E-state index contributed by atoms with van der Waals surface area (Å²) >= 11 is 0. The zero-order chi connectivity index (χ0) is 29.2. The monoisotopic (exact) mass is 565 g/mol. The smallest absolute Gasteiger partial charge is 0.287 e. The minimum Gasteiger partial charge on any atom is -0.496 e. The molecule has 0 aliphatic carbocycles. The van der Waals surface area contributed by atoms with Crippen molar-refractivity contribution < 1.29 is 37.7 Å². The summed E-state index contributed by atoms with van der Waals surface area (Å²) in [6.07, 6.45) is 3.03. The van der Waals surface area contributed by atoms with Crippen molar-refractivity contribution in [1.29, 1.82) is 0 Å². The summed E-state index contributed by atoms with van der Waals surface area (Å²) in [5.74, 6) is 0.0404. The van der Waals surface area contributed by atoms with E-state index in [0.717, 1.165) is 12.8 Å². The summed E-state index contributed by atoms with van der Waals surface area (Å²) in [7, 11) is 4.55. The van der Waals surface area contributed by atoms with E-state index in [1.54, 1.807) is 30.3 Å². The average molecular weight is 566 g/mol. The molecule has 0 saturated carbocycles. The second kappa shape index (κ2) is 14.2. The number of hydrogen-bond donors (Lipinski definition) is 2. The van der Waals surface area contributed by atoms with Crippen LogP contribution in [0.15, 0.2) is 65.3 Å². The number of para-hydroxylation sites is 1. The van der Waals surface area contributed by atoms with Gasteiger partial charge >= 0.3 is 0 Å². The maximum Gasteiger partial charge on any atom is 0.287 e. The summed E-state index contributed by atoms with van der Waals surface area (Å²) in [6, 6.07) is 14.3. The topological polar surface area (TPSA) is 129 Å². The minimum absolute atomic E-state index is 0.0197. The Labute approximate surface area is 238 Å². The molecule has 11 heteroatoms. The lowest BCUT2D eigenvalue weighted by Crippen LogP contribution is -2.48. The average Bonchev–Trinajstić information content (AvgIpc) is 3.73. The first kappa shape index (κ1) is 29.5. The Morgan fingerprint density at radius 3 is 2.41 bits per heavy atom. The quantitative estimate of drug-likeness (QED) is 0.324. The number of amides is 3. The number of benzene rings is 2. The highest BCUT2D eigenvalue weighted by Crippen LogP contribution is 2.34. The molecule has 0 spiro atoms. The van der Waals surface area contributed by atoms with Gasteiger partial charge in [0, 0.05) is 18.7 Å². The zero-order valence-electron chi connectivity index (χ0n) is 23.4. The summed E-state index contributed by atoms with van der Waals surface area (Å²) in [5.41, 5.74) is 1.17. The van der Waals surface area contributed by atoms with Crippen LogP contribution in [-0.2, 0) is 20.9 Å². The van der Waals surface area contributed by atoms with Gasteiger partial charge in [-0.25, -0.2) is 0 Å². The predicted octanol–water partition coefficient (Wildman–Crippen LogP) is 3.10. The number of methoxy groups -OCH3 is 3. The maximum atomic E-state index is 13.9. The van der Waals surface area contributed by atoms with Crippen LogP contribution in [0.3, 0.4) is 0 Å². The molecule has 1 aliphatic heterocycles. The molecule has 3 amide bonds. The Hall–Kier alpha value is -4.51. The van der Waals surface area contributed by atoms with Gasteiger partial charge in [-0.2, -0.15) is 0 Å². The number of carbonyl (C=O) groups excluding carboxylic acids is 3. The maximum absolute atomic E-state index is 13.9. The van der Waals surface area contributed by atoms with Crippen molar-refractivity contribution in [2.75, 3.05) is 41.0 Å². The third-order valence-corrected chi connectivity index (χ3v) is 6.81. The molecule has 41 heavy (non-hydrogen) atoms. The van der Waals surface area contributed by atoms with Crippen LogP contribution in [0.4, 0.5) is 0 Å². The molecule has 1 fully saturated rings. The number of carbonyl (C=O) groups is 3. The van der Waals surface area contributed by atoms with Crippen molar-refractivity contribution in [3.8, 4) is 17.2 Å². The molecule has 2 aromatic carbocycles. The molecule has 0 bridgehead atoms. The van der Waals surface area contributed by atoms with E-state index < -0.39 is 23.8 Å². The lowest BCUT2D eigenvalue weighted by molar-refractivity contribution is -0.141. The Morgan fingerprint density at radius 2 is 1.73 bits per heavy atom. The van der Waals surface area contributed by atoms with Crippen LogP contribution in [0.25, 0.3) is 0 Å². The Bertz CT molecular complexity index is 1320. The molecule has 1 saturated heterocycles. The fourth-order valence-electron chi connectivity index (χ4n) is 4.71. The third-order valence-electron chi connectivity index (χ3n) is 6.81. The van der Waals surface area contributed by atoms with Gasteiger partial charge in [0.1, 0.15) is 11.8 Å². The second-order valence-corrected chi connectivity index (χ2v) is 9.39. The molecule has 1 aromatic heterocycles. The molecule has 0 unspecified atom stereocenters.